The van der Waals surface area contributed by atoms with Gasteiger partial charge in [-0.2, -0.15) is 0 Å². The molecule has 7 heteroatoms. The predicted molar refractivity (Wildman–Crippen MR) is 76.8 cm³/mol. The largest absolute Gasteiger partial charge is 0.316 e. The van der Waals surface area contributed by atoms with Crippen molar-refractivity contribution in [1.82, 2.24) is 10.0 Å². The predicted octanol–water partition coefficient (Wildman–Crippen LogP) is 2.15. The molecule has 0 aliphatic carbocycles. The van der Waals surface area contributed by atoms with E-state index < -0.39 is 15.8 Å². The quantitative estimate of drug-likeness (QED) is 0.893. The molecule has 4 nitrogen and oxygen atoms in total. The van der Waals surface area contributed by atoms with E-state index in [1.165, 1.54) is 12.1 Å². The van der Waals surface area contributed by atoms with Gasteiger partial charge in [-0.3, -0.25) is 0 Å². The Morgan fingerprint density at radius 3 is 2.85 bits per heavy atom. The van der Waals surface area contributed by atoms with Crippen LogP contribution >= 0.6 is 11.6 Å². The molecule has 112 valence electrons. The van der Waals surface area contributed by atoms with Gasteiger partial charge < -0.3 is 5.32 Å². The lowest BCUT2D eigenvalue weighted by molar-refractivity contribution is 0.320. The summed E-state index contributed by atoms with van der Waals surface area (Å²) in [6.07, 6.45) is 1.98. The summed E-state index contributed by atoms with van der Waals surface area (Å²) in [4.78, 5) is -0.363. The zero-order valence-corrected chi connectivity index (χ0v) is 12.8. The summed E-state index contributed by atoms with van der Waals surface area (Å²) in [5.74, 6) is -0.618. The van der Waals surface area contributed by atoms with Gasteiger partial charge in [0.05, 0.1) is 0 Å². The lowest BCUT2D eigenvalue weighted by Crippen LogP contribution is -2.44. The van der Waals surface area contributed by atoms with Crippen LogP contribution in [0.25, 0.3) is 0 Å². The highest BCUT2D eigenvalue weighted by Gasteiger charge is 2.26. The van der Waals surface area contributed by atoms with Gasteiger partial charge in [-0.15, -0.1) is 0 Å². The van der Waals surface area contributed by atoms with Crippen LogP contribution in [-0.2, 0) is 10.0 Å². The minimum atomic E-state index is -3.87. The first-order valence-electron chi connectivity index (χ1n) is 6.58. The molecule has 2 rings (SSSR count). The normalized spacial score (nSPS) is 21.6. The summed E-state index contributed by atoms with van der Waals surface area (Å²) in [6.45, 7) is 3.54. The molecule has 1 aromatic rings. The number of hydrogen-bond acceptors (Lipinski definition) is 3. The van der Waals surface area contributed by atoms with Gasteiger partial charge >= 0.3 is 0 Å². The molecule has 0 spiro atoms. The van der Waals surface area contributed by atoms with E-state index >= 15 is 0 Å². The Bertz CT molecular complexity index is 574. The molecule has 2 unspecified atom stereocenters. The first kappa shape index (κ1) is 15.7. The summed E-state index contributed by atoms with van der Waals surface area (Å²) >= 11 is 5.63. The van der Waals surface area contributed by atoms with Gasteiger partial charge in [-0.1, -0.05) is 11.6 Å². The highest BCUT2D eigenvalue weighted by Crippen LogP contribution is 2.21. The van der Waals surface area contributed by atoms with Crippen LogP contribution < -0.4 is 10.0 Å². The summed E-state index contributed by atoms with van der Waals surface area (Å²) in [7, 11) is -3.87. The van der Waals surface area contributed by atoms with Crippen LogP contribution in [0.5, 0.6) is 0 Å². The second kappa shape index (κ2) is 6.39. The van der Waals surface area contributed by atoms with E-state index in [0.29, 0.717) is 0 Å². The average molecular weight is 321 g/mol. The van der Waals surface area contributed by atoms with Crippen LogP contribution in [0.2, 0.25) is 5.02 Å². The standard InChI is InChI=1S/C13H18ClFN2O2S/c1-9(10-3-2-6-16-8-10)17-20(18,19)13-5-4-11(14)7-12(13)15/h4-5,7,9-10,16-17H,2-3,6,8H2,1H3. The SMILES string of the molecule is CC(NS(=O)(=O)c1ccc(Cl)cc1F)C1CCCNC1. The highest BCUT2D eigenvalue weighted by atomic mass is 35.5. The Labute approximate surface area is 123 Å². The molecule has 1 fully saturated rings. The highest BCUT2D eigenvalue weighted by molar-refractivity contribution is 7.89. The average Bonchev–Trinajstić information content (AvgIpc) is 2.38. The van der Waals surface area contributed by atoms with E-state index in [-0.39, 0.29) is 21.9 Å². The number of hydrogen-bond donors (Lipinski definition) is 2. The van der Waals surface area contributed by atoms with Gasteiger partial charge in [0.25, 0.3) is 0 Å². The van der Waals surface area contributed by atoms with Gasteiger partial charge in [0, 0.05) is 11.1 Å². The lowest BCUT2D eigenvalue weighted by atomic mass is 9.94. The van der Waals surface area contributed by atoms with E-state index in [1.807, 2.05) is 6.92 Å². The fourth-order valence-electron chi connectivity index (χ4n) is 2.40. The molecule has 1 aromatic carbocycles. The topological polar surface area (TPSA) is 58.2 Å². The van der Waals surface area contributed by atoms with E-state index in [4.69, 9.17) is 11.6 Å². The molecule has 1 aliphatic heterocycles. The van der Waals surface area contributed by atoms with Crippen molar-refractivity contribution in [3.63, 3.8) is 0 Å². The van der Waals surface area contributed by atoms with Gasteiger partial charge in [-0.05, 0) is 57.0 Å². The number of rotatable bonds is 4. The van der Waals surface area contributed by atoms with Crippen molar-refractivity contribution < 1.29 is 12.8 Å². The molecule has 2 N–H and O–H groups in total. The van der Waals surface area contributed by atoms with Crippen molar-refractivity contribution in [2.45, 2.75) is 30.7 Å². The maximum atomic E-state index is 13.7. The molecule has 20 heavy (non-hydrogen) atoms. The zero-order chi connectivity index (χ0) is 14.8. The van der Waals surface area contributed by atoms with E-state index in [1.54, 1.807) is 0 Å². The Kier molecular flexibility index (Phi) is 5.01. The first-order valence-corrected chi connectivity index (χ1v) is 8.44. The third-order valence-corrected chi connectivity index (χ3v) is 5.39. The molecular weight excluding hydrogens is 303 g/mol. The molecule has 0 radical (unpaired) electrons. The summed E-state index contributed by atoms with van der Waals surface area (Å²) in [5.41, 5.74) is 0. The molecule has 0 aromatic heterocycles. The number of nitrogens with one attached hydrogen (secondary N) is 2. The molecule has 1 heterocycles. The molecule has 0 amide bonds. The van der Waals surface area contributed by atoms with Crippen LogP contribution in [0.4, 0.5) is 4.39 Å². The van der Waals surface area contributed by atoms with Crippen LogP contribution in [0.1, 0.15) is 19.8 Å². The maximum Gasteiger partial charge on any atom is 0.243 e. The van der Waals surface area contributed by atoms with Crippen molar-refractivity contribution in [3.8, 4) is 0 Å². The van der Waals surface area contributed by atoms with Crippen LogP contribution in [0.3, 0.4) is 0 Å². The number of benzene rings is 1. The fraction of sp³-hybridized carbons (Fsp3) is 0.538. The Morgan fingerprint density at radius 1 is 1.50 bits per heavy atom. The first-order chi connectivity index (χ1) is 9.40. The Morgan fingerprint density at radius 2 is 2.25 bits per heavy atom. The minimum absolute atomic E-state index is 0.172. The molecule has 1 aliphatic rings. The van der Waals surface area contributed by atoms with Gasteiger partial charge in [0.2, 0.25) is 10.0 Å². The fourth-order valence-corrected chi connectivity index (χ4v) is 3.93. The summed E-state index contributed by atoms with van der Waals surface area (Å²) in [5, 5.41) is 3.41. The Balaban J connectivity index is 2.13. The lowest BCUT2D eigenvalue weighted by Gasteiger charge is -2.28. The molecule has 1 saturated heterocycles. The van der Waals surface area contributed by atoms with Crippen LogP contribution in [0.15, 0.2) is 23.1 Å². The monoisotopic (exact) mass is 320 g/mol. The number of piperidine rings is 1. The van der Waals surface area contributed by atoms with Crippen molar-refractivity contribution in [1.29, 1.82) is 0 Å². The minimum Gasteiger partial charge on any atom is -0.316 e. The second-order valence-electron chi connectivity index (χ2n) is 5.09. The summed E-state index contributed by atoms with van der Waals surface area (Å²) in [6, 6.07) is 3.31. The third kappa shape index (κ3) is 3.69. The van der Waals surface area contributed by atoms with Crippen molar-refractivity contribution in [3.05, 3.63) is 29.0 Å². The molecule has 2 atom stereocenters. The molecular formula is C13H18ClFN2O2S. The number of sulfonamides is 1. The third-order valence-electron chi connectivity index (χ3n) is 3.57. The zero-order valence-electron chi connectivity index (χ0n) is 11.2. The summed E-state index contributed by atoms with van der Waals surface area (Å²) < 4.78 is 40.7. The van der Waals surface area contributed by atoms with Gasteiger partial charge in [-0.25, -0.2) is 17.5 Å². The molecule has 0 bridgehead atoms. The van der Waals surface area contributed by atoms with E-state index in [9.17, 15) is 12.8 Å². The van der Waals surface area contributed by atoms with E-state index in [0.717, 1.165) is 32.0 Å². The smallest absolute Gasteiger partial charge is 0.243 e. The number of halogens is 2. The Hall–Kier alpha value is -0.690. The van der Waals surface area contributed by atoms with Crippen molar-refractivity contribution in [2.75, 3.05) is 13.1 Å². The van der Waals surface area contributed by atoms with E-state index in [2.05, 4.69) is 10.0 Å². The van der Waals surface area contributed by atoms with Gasteiger partial charge in [0.1, 0.15) is 10.7 Å². The second-order valence-corrected chi connectivity index (χ2v) is 7.21. The van der Waals surface area contributed by atoms with Gasteiger partial charge in [0.15, 0.2) is 0 Å². The maximum absolute atomic E-state index is 13.7. The van der Waals surface area contributed by atoms with Crippen LogP contribution in [-0.4, -0.2) is 27.5 Å². The van der Waals surface area contributed by atoms with Crippen molar-refractivity contribution >= 4 is 21.6 Å². The van der Waals surface area contributed by atoms with Crippen LogP contribution in [0, 0.1) is 11.7 Å². The van der Waals surface area contributed by atoms with Crippen molar-refractivity contribution in [2.24, 2.45) is 5.92 Å². The molecule has 0 saturated carbocycles.